The third kappa shape index (κ3) is 37.4. The van der Waals surface area contributed by atoms with Crippen molar-refractivity contribution in [1.82, 2.24) is 4.90 Å². The van der Waals surface area contributed by atoms with Crippen molar-refractivity contribution < 1.29 is 45.7 Å². The zero-order valence-electron chi connectivity index (χ0n) is 5.89. The van der Waals surface area contributed by atoms with E-state index in [1.807, 2.05) is 0 Å². The number of carbonyl (C=O) groups is 1. The van der Waals surface area contributed by atoms with E-state index >= 15 is 0 Å². The van der Waals surface area contributed by atoms with E-state index in [1.165, 1.54) is 0 Å². The van der Waals surface area contributed by atoms with E-state index in [0.717, 1.165) is 0 Å². The Labute approximate surface area is 92.1 Å². The molecule has 0 bridgehead atoms. The monoisotopic (exact) mass is 221 g/mol. The molecule has 0 heterocycles. The van der Waals surface area contributed by atoms with Gasteiger partial charge in [-0.25, -0.2) is 0 Å². The molecule has 0 aliphatic rings. The van der Waals surface area contributed by atoms with Gasteiger partial charge in [0.05, 0.1) is 6.54 Å². The van der Waals surface area contributed by atoms with Crippen LogP contribution in [-0.2, 0) is 4.79 Å². The maximum Gasteiger partial charge on any atom is 1.00 e. The number of halogens is 1. The van der Waals surface area contributed by atoms with Gasteiger partial charge in [0.1, 0.15) is 0 Å². The van der Waals surface area contributed by atoms with E-state index in [1.54, 1.807) is 19.0 Å². The first-order valence-electron chi connectivity index (χ1n) is 1.99. The van der Waals surface area contributed by atoms with E-state index in [0.29, 0.717) is 0 Å². The van der Waals surface area contributed by atoms with Crippen molar-refractivity contribution in [3.05, 3.63) is 0 Å². The zero-order valence-corrected chi connectivity index (χ0v) is 7.47. The van der Waals surface area contributed by atoms with Crippen LogP contribution in [0, 0.1) is 0 Å². The SMILES string of the molecule is C.C.CN(C)CC(=O)O.[Br-].[Li+]. The van der Waals surface area contributed by atoms with Crippen LogP contribution in [-0.4, -0.2) is 36.6 Å². The van der Waals surface area contributed by atoms with Gasteiger partial charge < -0.3 is 22.1 Å². The summed E-state index contributed by atoms with van der Waals surface area (Å²) in [6, 6.07) is 0. The number of hydrogen-bond acceptors (Lipinski definition) is 2. The minimum absolute atomic E-state index is 0. The molecular formula is C6H17BrLiNO2. The second-order valence-corrected chi connectivity index (χ2v) is 1.63. The summed E-state index contributed by atoms with van der Waals surface area (Å²) in [5, 5.41) is 8.04. The van der Waals surface area contributed by atoms with Gasteiger partial charge in [0.2, 0.25) is 0 Å². The van der Waals surface area contributed by atoms with Crippen LogP contribution < -0.4 is 35.8 Å². The number of rotatable bonds is 2. The molecule has 3 nitrogen and oxygen atoms in total. The first kappa shape index (κ1) is 30.0. The number of aliphatic carboxylic acids is 1. The van der Waals surface area contributed by atoms with Gasteiger partial charge in [-0.2, -0.15) is 0 Å². The van der Waals surface area contributed by atoms with Crippen LogP contribution in [0.15, 0.2) is 0 Å². The Kier molecular flexibility index (Phi) is 46.0. The van der Waals surface area contributed by atoms with E-state index in [9.17, 15) is 4.79 Å². The largest absolute Gasteiger partial charge is 1.00 e. The number of likely N-dealkylation sites (N-methyl/N-ethyl adjacent to an activating group) is 1. The van der Waals surface area contributed by atoms with Crippen LogP contribution in [0.2, 0.25) is 0 Å². The topological polar surface area (TPSA) is 40.5 Å². The standard InChI is InChI=1S/C4H9NO2.2CH4.BrH.Li/c1-5(2)3-4(6)7;;;;/h3H2,1-2H3,(H,6,7);2*1H4;1H;/q;;;;+1/p-1. The molecule has 0 spiro atoms. The molecule has 0 aromatic rings. The van der Waals surface area contributed by atoms with Crippen LogP contribution in [0.1, 0.15) is 14.9 Å². The van der Waals surface area contributed by atoms with Crippen molar-refractivity contribution in [2.45, 2.75) is 14.9 Å². The Morgan fingerprint density at radius 1 is 1.36 bits per heavy atom. The molecule has 0 saturated heterocycles. The Morgan fingerprint density at radius 3 is 1.64 bits per heavy atom. The van der Waals surface area contributed by atoms with Gasteiger partial charge in [-0.15, -0.1) is 0 Å². The maximum atomic E-state index is 9.77. The predicted molar refractivity (Wildman–Crippen MR) is 39.7 cm³/mol. The van der Waals surface area contributed by atoms with Gasteiger partial charge in [0, 0.05) is 0 Å². The molecule has 0 amide bonds. The van der Waals surface area contributed by atoms with E-state index in [2.05, 4.69) is 0 Å². The molecule has 0 aromatic heterocycles. The maximum absolute atomic E-state index is 9.77. The number of nitrogens with zero attached hydrogens (tertiary/aromatic N) is 1. The number of carboxylic acid groups (broad SMARTS) is 1. The minimum Gasteiger partial charge on any atom is -1.00 e. The molecule has 11 heavy (non-hydrogen) atoms. The summed E-state index contributed by atoms with van der Waals surface area (Å²) in [5.41, 5.74) is 0. The summed E-state index contributed by atoms with van der Waals surface area (Å²) in [4.78, 5) is 11.4. The average Bonchev–Trinajstić information content (AvgIpc) is 1.27. The van der Waals surface area contributed by atoms with Gasteiger partial charge in [-0.3, -0.25) is 9.69 Å². The van der Waals surface area contributed by atoms with Gasteiger partial charge in [0.25, 0.3) is 0 Å². The zero-order chi connectivity index (χ0) is 5.86. The summed E-state index contributed by atoms with van der Waals surface area (Å²) < 4.78 is 0. The van der Waals surface area contributed by atoms with Gasteiger partial charge in [-0.05, 0) is 14.1 Å². The molecule has 0 saturated carbocycles. The summed E-state index contributed by atoms with van der Waals surface area (Å²) in [7, 11) is 3.43. The molecule has 0 atom stereocenters. The fourth-order valence-corrected chi connectivity index (χ4v) is 0.271. The predicted octanol–water partition coefficient (Wildman–Crippen LogP) is -5.09. The summed E-state index contributed by atoms with van der Waals surface area (Å²) in [5.74, 6) is -0.787. The Balaban J connectivity index is -0.0000000300. The van der Waals surface area contributed by atoms with Crippen molar-refractivity contribution in [2.24, 2.45) is 0 Å². The van der Waals surface area contributed by atoms with E-state index in [4.69, 9.17) is 5.11 Å². The Hall–Kier alpha value is 0.507. The summed E-state index contributed by atoms with van der Waals surface area (Å²) in [6.45, 7) is 0.111. The second-order valence-electron chi connectivity index (χ2n) is 1.63. The quantitative estimate of drug-likeness (QED) is 0.475. The molecule has 1 N–H and O–H groups in total. The van der Waals surface area contributed by atoms with Crippen LogP contribution in [0.3, 0.4) is 0 Å². The molecule has 66 valence electrons. The fraction of sp³-hybridized carbons (Fsp3) is 0.833. The third-order valence-corrected chi connectivity index (χ3v) is 0.451. The molecule has 0 radical (unpaired) electrons. The molecule has 0 fully saturated rings. The second kappa shape index (κ2) is 16.9. The molecule has 5 heteroatoms. The summed E-state index contributed by atoms with van der Waals surface area (Å²) >= 11 is 0. The van der Waals surface area contributed by atoms with Crippen LogP contribution in [0.4, 0.5) is 0 Å². The first-order valence-corrected chi connectivity index (χ1v) is 1.99. The fourth-order valence-electron chi connectivity index (χ4n) is 0.271. The molecular weight excluding hydrogens is 205 g/mol. The number of hydrogen-bond donors (Lipinski definition) is 1. The Morgan fingerprint density at radius 2 is 1.64 bits per heavy atom. The molecule has 0 aromatic carbocycles. The van der Waals surface area contributed by atoms with Crippen molar-refractivity contribution in [3.63, 3.8) is 0 Å². The average molecular weight is 222 g/mol. The first-order chi connectivity index (χ1) is 3.13. The van der Waals surface area contributed by atoms with Gasteiger partial charge in [-0.1, -0.05) is 14.9 Å². The van der Waals surface area contributed by atoms with Crippen LogP contribution in [0.25, 0.3) is 0 Å². The third-order valence-electron chi connectivity index (χ3n) is 0.451. The number of carboxylic acids is 1. The smallest absolute Gasteiger partial charge is 1.00 e. The van der Waals surface area contributed by atoms with Crippen molar-refractivity contribution in [2.75, 3.05) is 20.6 Å². The van der Waals surface area contributed by atoms with E-state index in [-0.39, 0.29) is 57.2 Å². The molecule has 0 unspecified atom stereocenters. The molecule has 0 aliphatic heterocycles. The van der Waals surface area contributed by atoms with E-state index < -0.39 is 5.97 Å². The van der Waals surface area contributed by atoms with Gasteiger partial charge >= 0.3 is 24.8 Å². The normalized spacial score (nSPS) is 6.09. The molecule has 0 aliphatic carbocycles. The Bertz CT molecular complexity index is 81.0. The summed E-state index contributed by atoms with van der Waals surface area (Å²) in [6.07, 6.45) is 0. The van der Waals surface area contributed by atoms with Crippen molar-refractivity contribution >= 4 is 5.97 Å². The van der Waals surface area contributed by atoms with Gasteiger partial charge in [0.15, 0.2) is 0 Å². The minimum atomic E-state index is -0.787. The molecule has 0 rings (SSSR count). The van der Waals surface area contributed by atoms with Crippen molar-refractivity contribution in [1.29, 1.82) is 0 Å². The van der Waals surface area contributed by atoms with Crippen LogP contribution in [0.5, 0.6) is 0 Å². The van der Waals surface area contributed by atoms with Crippen molar-refractivity contribution in [3.8, 4) is 0 Å². The van der Waals surface area contributed by atoms with Crippen LogP contribution >= 0.6 is 0 Å².